The van der Waals surface area contributed by atoms with Crippen molar-refractivity contribution in [3.63, 3.8) is 0 Å². The third kappa shape index (κ3) is 3.32. The summed E-state index contributed by atoms with van der Waals surface area (Å²) in [5, 5.41) is 0.640. The number of nitrogens with zero attached hydrogens (tertiary/aromatic N) is 1. The number of carbonyl (C=O) groups is 1. The molecular formula is C15H20ClNO3. The van der Waals surface area contributed by atoms with Gasteiger partial charge in [0.1, 0.15) is 0 Å². The van der Waals surface area contributed by atoms with Gasteiger partial charge in [0.2, 0.25) is 5.91 Å². The third-order valence-electron chi connectivity index (χ3n) is 3.92. The molecule has 0 saturated carbocycles. The Kier molecular flexibility index (Phi) is 5.02. The molecule has 0 aliphatic carbocycles. The van der Waals surface area contributed by atoms with E-state index in [1.54, 1.807) is 20.3 Å². The molecule has 0 spiro atoms. The minimum Gasteiger partial charge on any atom is -0.353 e. The number of benzene rings is 1. The summed E-state index contributed by atoms with van der Waals surface area (Å²) in [6.07, 6.45) is 1.72. The van der Waals surface area contributed by atoms with Gasteiger partial charge in [0.25, 0.3) is 0 Å². The van der Waals surface area contributed by atoms with Crippen LogP contribution in [0.5, 0.6) is 0 Å². The van der Waals surface area contributed by atoms with E-state index in [9.17, 15) is 4.79 Å². The van der Waals surface area contributed by atoms with Crippen LogP contribution in [0.15, 0.2) is 24.3 Å². The first kappa shape index (κ1) is 15.3. The monoisotopic (exact) mass is 297 g/mol. The van der Waals surface area contributed by atoms with Crippen molar-refractivity contribution in [2.75, 3.05) is 27.3 Å². The lowest BCUT2D eigenvalue weighted by molar-refractivity contribution is -0.228. The van der Waals surface area contributed by atoms with Gasteiger partial charge in [0, 0.05) is 45.2 Å². The summed E-state index contributed by atoms with van der Waals surface area (Å²) in [5.41, 5.74) is 0.870. The van der Waals surface area contributed by atoms with Crippen molar-refractivity contribution in [3.05, 3.63) is 34.9 Å². The van der Waals surface area contributed by atoms with Crippen LogP contribution in [0.25, 0.3) is 0 Å². The number of hydrogen-bond donors (Lipinski definition) is 0. The zero-order valence-corrected chi connectivity index (χ0v) is 12.7. The van der Waals surface area contributed by atoms with Crippen molar-refractivity contribution < 1.29 is 14.3 Å². The van der Waals surface area contributed by atoms with Gasteiger partial charge in [-0.1, -0.05) is 29.8 Å². The zero-order valence-electron chi connectivity index (χ0n) is 11.9. The summed E-state index contributed by atoms with van der Waals surface area (Å²) in [6, 6.07) is 7.45. The lowest BCUT2D eigenvalue weighted by atomic mass is 10.0. The SMILES string of the molecule is COC1(OC)CCN(C(=O)Cc2ccccc2Cl)CC1. The number of likely N-dealkylation sites (tertiary alicyclic amines) is 1. The molecular weight excluding hydrogens is 278 g/mol. The Morgan fingerprint density at radius 2 is 1.85 bits per heavy atom. The lowest BCUT2D eigenvalue weighted by Gasteiger charge is -2.39. The van der Waals surface area contributed by atoms with E-state index < -0.39 is 5.79 Å². The van der Waals surface area contributed by atoms with Crippen molar-refractivity contribution in [2.45, 2.75) is 25.0 Å². The molecule has 0 atom stereocenters. The van der Waals surface area contributed by atoms with Crippen LogP contribution >= 0.6 is 11.6 Å². The fourth-order valence-electron chi connectivity index (χ4n) is 2.50. The number of rotatable bonds is 4. The van der Waals surface area contributed by atoms with E-state index in [0.29, 0.717) is 37.4 Å². The maximum Gasteiger partial charge on any atom is 0.227 e. The van der Waals surface area contributed by atoms with Crippen molar-refractivity contribution >= 4 is 17.5 Å². The first-order chi connectivity index (χ1) is 9.60. The highest BCUT2D eigenvalue weighted by molar-refractivity contribution is 6.31. The Hall–Kier alpha value is -1.10. The normalized spacial score (nSPS) is 18.1. The number of ether oxygens (including phenoxy) is 2. The van der Waals surface area contributed by atoms with Crippen molar-refractivity contribution in [1.29, 1.82) is 0 Å². The highest BCUT2D eigenvalue weighted by Gasteiger charge is 2.35. The minimum atomic E-state index is -0.541. The van der Waals surface area contributed by atoms with Gasteiger partial charge in [-0.05, 0) is 11.6 Å². The largest absolute Gasteiger partial charge is 0.353 e. The smallest absolute Gasteiger partial charge is 0.227 e. The van der Waals surface area contributed by atoms with Crippen LogP contribution in [0.4, 0.5) is 0 Å². The molecule has 0 bridgehead atoms. The number of amides is 1. The van der Waals surface area contributed by atoms with Crippen LogP contribution in [0.1, 0.15) is 18.4 Å². The fraction of sp³-hybridized carbons (Fsp3) is 0.533. The maximum atomic E-state index is 12.3. The molecule has 1 amide bonds. The quantitative estimate of drug-likeness (QED) is 0.802. The van der Waals surface area contributed by atoms with E-state index in [1.165, 1.54) is 0 Å². The molecule has 4 nitrogen and oxygen atoms in total. The standard InChI is InChI=1S/C15H20ClNO3/c1-19-15(20-2)7-9-17(10-8-15)14(18)11-12-5-3-4-6-13(12)16/h3-6H,7-11H2,1-2H3. The van der Waals surface area contributed by atoms with Crippen LogP contribution in [-0.4, -0.2) is 43.9 Å². The van der Waals surface area contributed by atoms with Crippen LogP contribution in [0.2, 0.25) is 5.02 Å². The van der Waals surface area contributed by atoms with Gasteiger partial charge in [-0.15, -0.1) is 0 Å². The molecule has 0 aromatic heterocycles. The van der Waals surface area contributed by atoms with E-state index >= 15 is 0 Å². The van der Waals surface area contributed by atoms with Crippen LogP contribution < -0.4 is 0 Å². The van der Waals surface area contributed by atoms with Crippen molar-refractivity contribution in [3.8, 4) is 0 Å². The molecule has 2 rings (SSSR count). The van der Waals surface area contributed by atoms with Crippen LogP contribution in [0, 0.1) is 0 Å². The summed E-state index contributed by atoms with van der Waals surface area (Å²) < 4.78 is 10.8. The van der Waals surface area contributed by atoms with E-state index in [0.717, 1.165) is 5.56 Å². The van der Waals surface area contributed by atoms with Gasteiger partial charge in [-0.2, -0.15) is 0 Å². The minimum absolute atomic E-state index is 0.0962. The maximum absolute atomic E-state index is 12.3. The summed E-state index contributed by atoms with van der Waals surface area (Å²) in [5.74, 6) is -0.444. The zero-order chi connectivity index (χ0) is 14.6. The van der Waals surface area contributed by atoms with E-state index in [-0.39, 0.29) is 5.91 Å². The average molecular weight is 298 g/mol. The number of halogens is 1. The molecule has 0 unspecified atom stereocenters. The van der Waals surface area contributed by atoms with Gasteiger partial charge >= 0.3 is 0 Å². The summed E-state index contributed by atoms with van der Waals surface area (Å²) in [4.78, 5) is 14.1. The molecule has 1 aromatic carbocycles. The molecule has 5 heteroatoms. The first-order valence-electron chi connectivity index (χ1n) is 6.72. The van der Waals surface area contributed by atoms with E-state index in [4.69, 9.17) is 21.1 Å². The number of methoxy groups -OCH3 is 2. The second-order valence-electron chi connectivity index (χ2n) is 4.97. The second kappa shape index (κ2) is 6.57. The van der Waals surface area contributed by atoms with Gasteiger partial charge in [0.05, 0.1) is 6.42 Å². The van der Waals surface area contributed by atoms with E-state index in [2.05, 4.69) is 0 Å². The van der Waals surface area contributed by atoms with Crippen LogP contribution in [-0.2, 0) is 20.7 Å². The lowest BCUT2D eigenvalue weighted by Crippen LogP contribution is -2.49. The number of piperidine rings is 1. The second-order valence-corrected chi connectivity index (χ2v) is 5.38. The Labute approximate surface area is 124 Å². The number of carbonyl (C=O) groups excluding carboxylic acids is 1. The van der Waals surface area contributed by atoms with Gasteiger partial charge in [-0.25, -0.2) is 0 Å². The molecule has 0 radical (unpaired) electrons. The molecule has 0 N–H and O–H groups in total. The molecule has 20 heavy (non-hydrogen) atoms. The molecule has 110 valence electrons. The van der Waals surface area contributed by atoms with Crippen molar-refractivity contribution in [1.82, 2.24) is 4.90 Å². The molecule has 1 saturated heterocycles. The molecule has 1 fully saturated rings. The average Bonchev–Trinajstić information content (AvgIpc) is 2.49. The molecule has 1 aromatic rings. The van der Waals surface area contributed by atoms with E-state index in [1.807, 2.05) is 23.1 Å². The molecule has 1 heterocycles. The predicted octanol–water partition coefficient (Wildman–Crippen LogP) is 2.49. The Morgan fingerprint density at radius 1 is 1.25 bits per heavy atom. The Balaban J connectivity index is 1.94. The predicted molar refractivity (Wildman–Crippen MR) is 77.7 cm³/mol. The summed E-state index contributed by atoms with van der Waals surface area (Å²) in [7, 11) is 3.29. The van der Waals surface area contributed by atoms with Gasteiger partial charge in [-0.3, -0.25) is 4.79 Å². The summed E-state index contributed by atoms with van der Waals surface area (Å²) >= 11 is 6.09. The van der Waals surface area contributed by atoms with Gasteiger partial charge < -0.3 is 14.4 Å². The Bertz CT molecular complexity index is 464. The highest BCUT2D eigenvalue weighted by atomic mass is 35.5. The first-order valence-corrected chi connectivity index (χ1v) is 7.09. The number of hydrogen-bond acceptors (Lipinski definition) is 3. The molecule has 1 aliphatic rings. The third-order valence-corrected chi connectivity index (χ3v) is 4.29. The fourth-order valence-corrected chi connectivity index (χ4v) is 2.71. The summed E-state index contributed by atoms with van der Waals surface area (Å²) in [6.45, 7) is 1.29. The van der Waals surface area contributed by atoms with Crippen LogP contribution in [0.3, 0.4) is 0 Å². The molecule has 1 aliphatic heterocycles. The van der Waals surface area contributed by atoms with Gasteiger partial charge in [0.15, 0.2) is 5.79 Å². The topological polar surface area (TPSA) is 38.8 Å². The van der Waals surface area contributed by atoms with Crippen molar-refractivity contribution in [2.24, 2.45) is 0 Å². The Morgan fingerprint density at radius 3 is 2.40 bits per heavy atom. The highest BCUT2D eigenvalue weighted by Crippen LogP contribution is 2.27.